The molecule has 11 nitrogen and oxygen atoms in total. The van der Waals surface area contributed by atoms with Crippen molar-refractivity contribution in [2.75, 3.05) is 18.5 Å². The summed E-state index contributed by atoms with van der Waals surface area (Å²) in [6, 6.07) is 8.48. The topological polar surface area (TPSA) is 144 Å². The van der Waals surface area contributed by atoms with Crippen molar-refractivity contribution in [1.29, 1.82) is 0 Å². The molecule has 1 aromatic carbocycles. The molecule has 1 saturated heterocycles. The Hall–Kier alpha value is -3.28. The van der Waals surface area contributed by atoms with Gasteiger partial charge in [0, 0.05) is 6.04 Å². The molecule has 0 bridgehead atoms. The molecule has 4 atom stereocenters. The standard InChI is InChI=1S/C24H30N6O5/c31-11-17-21(33)19(29-18(32)12-34-16-9-5-2-6-10-16)24(35-17)30-14-27-20-22(25-13-26-23(20)30)28-15-7-3-1-4-8-15/h2,5-6,9-10,13-15,17,19,21,24,31,33H,1,3-4,7-8,11-12H2,(H,29,32)(H,25,26,28)/t17-,19-,21-,24-/m1/s1. The third kappa shape index (κ3) is 5.07. The highest BCUT2D eigenvalue weighted by molar-refractivity contribution is 5.83. The van der Waals surface area contributed by atoms with Crippen molar-refractivity contribution < 1.29 is 24.5 Å². The average molecular weight is 483 g/mol. The molecule has 186 valence electrons. The van der Waals surface area contributed by atoms with Gasteiger partial charge in [-0.25, -0.2) is 15.0 Å². The smallest absolute Gasteiger partial charge is 0.258 e. The predicted octanol–water partition coefficient (Wildman–Crippen LogP) is 1.39. The van der Waals surface area contributed by atoms with Crippen LogP contribution in [0.1, 0.15) is 38.3 Å². The summed E-state index contributed by atoms with van der Waals surface area (Å²) in [7, 11) is 0. The number of nitrogens with zero attached hydrogens (tertiary/aromatic N) is 4. The molecule has 5 rings (SSSR count). The number of carbonyl (C=O) groups excluding carboxylic acids is 1. The Kier molecular flexibility index (Phi) is 7.07. The maximum Gasteiger partial charge on any atom is 0.258 e. The molecule has 0 unspecified atom stereocenters. The number of aliphatic hydroxyl groups is 2. The molecule has 2 aromatic heterocycles. The summed E-state index contributed by atoms with van der Waals surface area (Å²) >= 11 is 0. The second kappa shape index (κ2) is 10.5. The molecule has 1 aliphatic heterocycles. The van der Waals surface area contributed by atoms with Gasteiger partial charge >= 0.3 is 0 Å². The molecule has 0 spiro atoms. The second-order valence-corrected chi connectivity index (χ2v) is 8.96. The van der Waals surface area contributed by atoms with E-state index < -0.39 is 37.0 Å². The van der Waals surface area contributed by atoms with Crippen LogP contribution in [0.15, 0.2) is 43.0 Å². The zero-order valence-electron chi connectivity index (χ0n) is 19.3. The number of aromatic nitrogens is 4. The SMILES string of the molecule is O=C(COc1ccccc1)N[C@@H]1[C@H](O)[C@@H](CO)O[C@H]1n1cnc2c(NC3CCCCC3)ncnc21. The van der Waals surface area contributed by atoms with Crippen LogP contribution in [0.4, 0.5) is 5.82 Å². The molecule has 1 saturated carbocycles. The summed E-state index contributed by atoms with van der Waals surface area (Å²) in [6.45, 7) is -0.632. The highest BCUT2D eigenvalue weighted by Crippen LogP contribution is 2.33. The van der Waals surface area contributed by atoms with E-state index in [0.717, 1.165) is 12.8 Å². The third-order valence-electron chi connectivity index (χ3n) is 6.57. The van der Waals surface area contributed by atoms with Crippen molar-refractivity contribution in [2.24, 2.45) is 0 Å². The maximum atomic E-state index is 12.6. The van der Waals surface area contributed by atoms with Gasteiger partial charge in [0.25, 0.3) is 5.91 Å². The molecule has 3 aromatic rings. The van der Waals surface area contributed by atoms with E-state index in [4.69, 9.17) is 9.47 Å². The van der Waals surface area contributed by atoms with E-state index in [1.54, 1.807) is 23.0 Å². The lowest BCUT2D eigenvalue weighted by molar-refractivity contribution is -0.125. The summed E-state index contributed by atoms with van der Waals surface area (Å²) in [6.07, 6.45) is 5.98. The fraction of sp³-hybridized carbons (Fsp3) is 0.500. The van der Waals surface area contributed by atoms with E-state index in [1.165, 1.54) is 25.6 Å². The number of ether oxygens (including phenoxy) is 2. The van der Waals surface area contributed by atoms with E-state index in [2.05, 4.69) is 25.6 Å². The molecule has 4 N–H and O–H groups in total. The minimum Gasteiger partial charge on any atom is -0.484 e. The van der Waals surface area contributed by atoms with E-state index in [0.29, 0.717) is 28.8 Å². The first-order valence-electron chi connectivity index (χ1n) is 12.0. The molecule has 0 radical (unpaired) electrons. The number of anilines is 1. The van der Waals surface area contributed by atoms with Gasteiger partial charge in [0.2, 0.25) is 0 Å². The van der Waals surface area contributed by atoms with Gasteiger partial charge in [0.1, 0.15) is 30.3 Å². The predicted molar refractivity (Wildman–Crippen MR) is 127 cm³/mol. The van der Waals surface area contributed by atoms with Gasteiger partial charge in [-0.1, -0.05) is 37.5 Å². The van der Waals surface area contributed by atoms with Gasteiger partial charge in [0.15, 0.2) is 29.8 Å². The third-order valence-corrected chi connectivity index (χ3v) is 6.57. The van der Waals surface area contributed by atoms with Gasteiger partial charge in [-0.15, -0.1) is 0 Å². The van der Waals surface area contributed by atoms with Crippen molar-refractivity contribution >= 4 is 22.9 Å². The first-order chi connectivity index (χ1) is 17.1. The molecular formula is C24H30N6O5. The maximum absolute atomic E-state index is 12.6. The van der Waals surface area contributed by atoms with Crippen molar-refractivity contribution in [2.45, 2.75) is 62.6 Å². The number of para-hydroxylation sites is 1. The van der Waals surface area contributed by atoms with Gasteiger partial charge in [-0.05, 0) is 25.0 Å². The quantitative estimate of drug-likeness (QED) is 0.374. The summed E-state index contributed by atoms with van der Waals surface area (Å²) in [5.41, 5.74) is 1.09. The average Bonchev–Trinajstić information content (AvgIpc) is 3.45. The molecule has 1 aliphatic carbocycles. The summed E-state index contributed by atoms with van der Waals surface area (Å²) in [5.74, 6) is 0.782. The Bertz CT molecular complexity index is 1140. The molecule has 3 heterocycles. The molecule has 1 amide bonds. The number of hydrogen-bond acceptors (Lipinski definition) is 9. The Morgan fingerprint density at radius 1 is 1.14 bits per heavy atom. The Labute approximate surface area is 202 Å². The molecule has 2 aliphatic rings. The molecule has 11 heteroatoms. The minimum atomic E-state index is -1.13. The summed E-state index contributed by atoms with van der Waals surface area (Å²) in [5, 5.41) is 26.8. The lowest BCUT2D eigenvalue weighted by Gasteiger charge is -2.24. The number of hydrogen-bond donors (Lipinski definition) is 4. The Balaban J connectivity index is 1.35. The monoisotopic (exact) mass is 482 g/mol. The largest absolute Gasteiger partial charge is 0.484 e. The van der Waals surface area contributed by atoms with Crippen LogP contribution in [-0.4, -0.2) is 73.1 Å². The van der Waals surface area contributed by atoms with Crippen LogP contribution in [0.3, 0.4) is 0 Å². The second-order valence-electron chi connectivity index (χ2n) is 8.96. The van der Waals surface area contributed by atoms with Crippen molar-refractivity contribution in [3.63, 3.8) is 0 Å². The highest BCUT2D eigenvalue weighted by Gasteiger charge is 2.46. The van der Waals surface area contributed by atoms with Crippen LogP contribution >= 0.6 is 0 Å². The number of fused-ring (bicyclic) bond motifs is 1. The van der Waals surface area contributed by atoms with Gasteiger partial charge in [-0.2, -0.15) is 0 Å². The van der Waals surface area contributed by atoms with Gasteiger partial charge in [-0.3, -0.25) is 9.36 Å². The lowest BCUT2D eigenvalue weighted by atomic mass is 9.95. The van der Waals surface area contributed by atoms with Crippen LogP contribution in [0, 0.1) is 0 Å². The van der Waals surface area contributed by atoms with Gasteiger partial charge in [0.05, 0.1) is 12.9 Å². The normalized spacial score (nSPS) is 25.0. The van der Waals surface area contributed by atoms with Crippen LogP contribution in [0.5, 0.6) is 5.75 Å². The number of nitrogens with one attached hydrogen (secondary N) is 2. The molecular weight excluding hydrogens is 452 g/mol. The van der Waals surface area contributed by atoms with Crippen LogP contribution < -0.4 is 15.4 Å². The highest BCUT2D eigenvalue weighted by atomic mass is 16.5. The van der Waals surface area contributed by atoms with Crippen molar-refractivity contribution in [3.05, 3.63) is 43.0 Å². The Morgan fingerprint density at radius 3 is 2.71 bits per heavy atom. The number of benzene rings is 1. The van der Waals surface area contributed by atoms with Crippen LogP contribution in [0.25, 0.3) is 11.2 Å². The molecule has 35 heavy (non-hydrogen) atoms. The zero-order chi connectivity index (χ0) is 24.2. The minimum absolute atomic E-state index is 0.230. The first kappa shape index (κ1) is 23.5. The fourth-order valence-corrected chi connectivity index (χ4v) is 4.77. The van der Waals surface area contributed by atoms with Crippen molar-refractivity contribution in [1.82, 2.24) is 24.8 Å². The number of rotatable bonds is 8. The summed E-state index contributed by atoms with van der Waals surface area (Å²) in [4.78, 5) is 25.9. The number of imidazole rings is 1. The van der Waals surface area contributed by atoms with Crippen molar-refractivity contribution in [3.8, 4) is 5.75 Å². The lowest BCUT2D eigenvalue weighted by Crippen LogP contribution is -2.48. The molecule has 2 fully saturated rings. The van der Waals surface area contributed by atoms with E-state index >= 15 is 0 Å². The Morgan fingerprint density at radius 2 is 1.94 bits per heavy atom. The number of amides is 1. The van der Waals surface area contributed by atoms with E-state index in [9.17, 15) is 15.0 Å². The summed E-state index contributed by atoms with van der Waals surface area (Å²) < 4.78 is 13.1. The number of carbonyl (C=O) groups is 1. The van der Waals surface area contributed by atoms with Crippen LogP contribution in [0.2, 0.25) is 0 Å². The fourth-order valence-electron chi connectivity index (χ4n) is 4.77. The van der Waals surface area contributed by atoms with E-state index in [1.807, 2.05) is 18.2 Å². The van der Waals surface area contributed by atoms with Crippen LogP contribution in [-0.2, 0) is 9.53 Å². The zero-order valence-corrected chi connectivity index (χ0v) is 19.3. The first-order valence-corrected chi connectivity index (χ1v) is 12.0. The van der Waals surface area contributed by atoms with Gasteiger partial charge < -0.3 is 30.3 Å². The van der Waals surface area contributed by atoms with E-state index in [-0.39, 0.29) is 6.61 Å². The number of aliphatic hydroxyl groups excluding tert-OH is 2.